The minimum Gasteiger partial charge on any atom is -0.300 e. The fraction of sp³-hybridized carbons (Fsp3) is 0.133. The van der Waals surface area contributed by atoms with Crippen LogP contribution < -0.4 is 0 Å². The van der Waals surface area contributed by atoms with Gasteiger partial charge in [0.2, 0.25) is 0 Å². The predicted octanol–water partition coefficient (Wildman–Crippen LogP) is 4.95. The van der Waals surface area contributed by atoms with Crippen molar-refractivity contribution in [1.82, 2.24) is 9.38 Å². The summed E-state index contributed by atoms with van der Waals surface area (Å²) in [5.74, 6) is 0. The molecule has 1 atom stereocenters. The van der Waals surface area contributed by atoms with Crippen LogP contribution in [0.4, 0.5) is 0 Å². The molecule has 0 spiro atoms. The quantitative estimate of drug-likeness (QED) is 0.610. The summed E-state index contributed by atoms with van der Waals surface area (Å²) in [7, 11) is 0. The van der Waals surface area contributed by atoms with E-state index in [0.29, 0.717) is 5.02 Å². The highest BCUT2D eigenvalue weighted by Gasteiger charge is 2.17. The van der Waals surface area contributed by atoms with Crippen LogP contribution in [0.3, 0.4) is 0 Å². The zero-order valence-electron chi connectivity index (χ0n) is 10.3. The molecular weight excluding hydrogens is 279 g/mol. The number of hydrogen-bond acceptors (Lipinski definition) is 1. The second kappa shape index (κ2) is 4.87. The lowest BCUT2D eigenvalue weighted by atomic mass is 10.1. The number of benzene rings is 1. The van der Waals surface area contributed by atoms with Gasteiger partial charge in [0, 0.05) is 11.8 Å². The van der Waals surface area contributed by atoms with Crippen LogP contribution in [0, 0.1) is 0 Å². The van der Waals surface area contributed by atoms with Gasteiger partial charge in [-0.1, -0.05) is 41.9 Å². The molecule has 0 aliphatic carbocycles. The maximum atomic E-state index is 6.33. The summed E-state index contributed by atoms with van der Waals surface area (Å²) in [6, 6.07) is 13.8. The van der Waals surface area contributed by atoms with E-state index in [4.69, 9.17) is 23.2 Å². The van der Waals surface area contributed by atoms with Crippen LogP contribution in [0.1, 0.15) is 18.0 Å². The minimum absolute atomic E-state index is 0.149. The van der Waals surface area contributed by atoms with Crippen LogP contribution >= 0.6 is 23.2 Å². The van der Waals surface area contributed by atoms with Gasteiger partial charge in [-0.25, -0.2) is 4.98 Å². The molecule has 4 heteroatoms. The lowest BCUT2D eigenvalue weighted by Crippen LogP contribution is -1.95. The summed E-state index contributed by atoms with van der Waals surface area (Å²) < 4.78 is 1.96. The molecule has 0 bridgehead atoms. The fourth-order valence-electron chi connectivity index (χ4n) is 2.23. The summed E-state index contributed by atoms with van der Waals surface area (Å²) in [6.45, 7) is 1.94. The van der Waals surface area contributed by atoms with E-state index in [-0.39, 0.29) is 5.38 Å². The van der Waals surface area contributed by atoms with Crippen LogP contribution in [0.15, 0.2) is 48.7 Å². The summed E-state index contributed by atoms with van der Waals surface area (Å²) in [5.41, 5.74) is 3.78. The number of fused-ring (bicyclic) bond motifs is 1. The number of hydrogen-bond donors (Lipinski definition) is 0. The molecule has 2 aromatic heterocycles. The van der Waals surface area contributed by atoms with Crippen molar-refractivity contribution in [3.05, 3.63) is 59.4 Å². The van der Waals surface area contributed by atoms with Gasteiger partial charge < -0.3 is 4.40 Å². The molecule has 0 saturated carbocycles. The molecular formula is C15H12Cl2N2. The summed E-state index contributed by atoms with van der Waals surface area (Å²) >= 11 is 12.4. The topological polar surface area (TPSA) is 17.3 Å². The lowest BCUT2D eigenvalue weighted by Gasteiger charge is -2.07. The average molecular weight is 291 g/mol. The van der Waals surface area contributed by atoms with E-state index in [0.717, 1.165) is 22.6 Å². The minimum atomic E-state index is -0.149. The zero-order valence-corrected chi connectivity index (χ0v) is 11.9. The van der Waals surface area contributed by atoms with Gasteiger partial charge in [0.05, 0.1) is 21.8 Å². The van der Waals surface area contributed by atoms with E-state index in [1.54, 1.807) is 0 Å². The molecule has 0 aliphatic heterocycles. The number of imidazole rings is 1. The van der Waals surface area contributed by atoms with Crippen molar-refractivity contribution in [1.29, 1.82) is 0 Å². The normalized spacial score (nSPS) is 12.8. The third-order valence-corrected chi connectivity index (χ3v) is 3.47. The fourth-order valence-corrected chi connectivity index (χ4v) is 2.59. The lowest BCUT2D eigenvalue weighted by molar-refractivity contribution is 0.965. The smallest absolute Gasteiger partial charge is 0.137 e. The van der Waals surface area contributed by atoms with Crippen molar-refractivity contribution < 1.29 is 0 Å². The highest BCUT2D eigenvalue weighted by molar-refractivity contribution is 6.30. The Balaban J connectivity index is 2.33. The van der Waals surface area contributed by atoms with Crippen molar-refractivity contribution in [2.75, 3.05) is 0 Å². The number of alkyl halides is 1. The first-order valence-electron chi connectivity index (χ1n) is 6.04. The Kier molecular flexibility index (Phi) is 3.21. The Morgan fingerprint density at radius 2 is 1.84 bits per heavy atom. The van der Waals surface area contributed by atoms with Gasteiger partial charge in [-0.3, -0.25) is 0 Å². The first kappa shape index (κ1) is 12.5. The molecule has 1 unspecified atom stereocenters. The Bertz CT molecular complexity index is 718. The summed E-state index contributed by atoms with van der Waals surface area (Å²) in [4.78, 5) is 4.67. The number of halogens is 2. The highest BCUT2D eigenvalue weighted by atomic mass is 35.5. The van der Waals surface area contributed by atoms with Crippen LogP contribution in [0.2, 0.25) is 5.02 Å². The van der Waals surface area contributed by atoms with E-state index >= 15 is 0 Å². The Hall–Kier alpha value is -1.51. The number of aromatic nitrogens is 2. The van der Waals surface area contributed by atoms with Gasteiger partial charge in [0.1, 0.15) is 5.65 Å². The Morgan fingerprint density at radius 1 is 1.11 bits per heavy atom. The monoisotopic (exact) mass is 290 g/mol. The SMILES string of the molecule is CC(Cl)c1c(-c2ccccc2)nc2ccc(Cl)cn12. The standard InChI is InChI=1S/C15H12Cl2N2/c1-10(16)15-14(11-5-3-2-4-6-11)18-13-8-7-12(17)9-19(13)15/h2-10H,1H3. The van der Waals surface area contributed by atoms with Crippen LogP contribution in [0.25, 0.3) is 16.9 Å². The zero-order chi connectivity index (χ0) is 13.4. The molecule has 2 heterocycles. The van der Waals surface area contributed by atoms with Gasteiger partial charge in [0.15, 0.2) is 0 Å². The van der Waals surface area contributed by atoms with E-state index in [1.165, 1.54) is 0 Å². The van der Waals surface area contributed by atoms with Crippen LogP contribution in [-0.2, 0) is 0 Å². The maximum Gasteiger partial charge on any atom is 0.137 e. The molecule has 0 N–H and O–H groups in total. The summed E-state index contributed by atoms with van der Waals surface area (Å²) in [5, 5.41) is 0.520. The largest absolute Gasteiger partial charge is 0.300 e. The van der Waals surface area contributed by atoms with Gasteiger partial charge in [-0.15, -0.1) is 11.6 Å². The average Bonchev–Trinajstić information content (AvgIpc) is 2.78. The molecule has 19 heavy (non-hydrogen) atoms. The second-order valence-electron chi connectivity index (χ2n) is 4.40. The Morgan fingerprint density at radius 3 is 2.53 bits per heavy atom. The first-order valence-corrected chi connectivity index (χ1v) is 6.85. The molecule has 0 radical (unpaired) electrons. The maximum absolute atomic E-state index is 6.33. The van der Waals surface area contributed by atoms with Crippen molar-refractivity contribution >= 4 is 28.8 Å². The van der Waals surface area contributed by atoms with Gasteiger partial charge >= 0.3 is 0 Å². The molecule has 3 aromatic rings. The third kappa shape index (κ3) is 2.22. The molecule has 3 rings (SSSR count). The number of nitrogens with zero attached hydrogens (tertiary/aromatic N) is 2. The third-order valence-electron chi connectivity index (χ3n) is 3.04. The van der Waals surface area contributed by atoms with Crippen LogP contribution in [-0.4, -0.2) is 9.38 Å². The first-order chi connectivity index (χ1) is 9.16. The van der Waals surface area contributed by atoms with Gasteiger partial charge in [0.25, 0.3) is 0 Å². The molecule has 1 aromatic carbocycles. The van der Waals surface area contributed by atoms with Crippen molar-refractivity contribution in [3.63, 3.8) is 0 Å². The second-order valence-corrected chi connectivity index (χ2v) is 5.49. The molecule has 0 saturated heterocycles. The van der Waals surface area contributed by atoms with Crippen LogP contribution in [0.5, 0.6) is 0 Å². The number of rotatable bonds is 2. The van der Waals surface area contributed by atoms with E-state index in [2.05, 4.69) is 4.98 Å². The van der Waals surface area contributed by atoms with E-state index < -0.39 is 0 Å². The molecule has 0 fully saturated rings. The summed E-state index contributed by atoms with van der Waals surface area (Å²) in [6.07, 6.45) is 1.85. The van der Waals surface area contributed by atoms with E-state index in [9.17, 15) is 0 Å². The van der Waals surface area contributed by atoms with Gasteiger partial charge in [-0.05, 0) is 19.1 Å². The molecule has 0 amide bonds. The highest BCUT2D eigenvalue weighted by Crippen LogP contribution is 2.32. The van der Waals surface area contributed by atoms with Gasteiger partial charge in [-0.2, -0.15) is 0 Å². The number of pyridine rings is 1. The molecule has 2 nitrogen and oxygen atoms in total. The van der Waals surface area contributed by atoms with Crippen molar-refractivity contribution in [2.45, 2.75) is 12.3 Å². The van der Waals surface area contributed by atoms with Crippen molar-refractivity contribution in [3.8, 4) is 11.3 Å². The molecule has 0 aliphatic rings. The predicted molar refractivity (Wildman–Crippen MR) is 79.9 cm³/mol. The molecule has 96 valence electrons. The van der Waals surface area contributed by atoms with Crippen molar-refractivity contribution in [2.24, 2.45) is 0 Å². The van der Waals surface area contributed by atoms with E-state index in [1.807, 2.05) is 60.0 Å². The Labute approximate surface area is 121 Å².